The van der Waals surface area contributed by atoms with E-state index in [4.69, 9.17) is 5.11 Å². The molecule has 2 aromatic carbocycles. The average molecular weight is 298 g/mol. The van der Waals surface area contributed by atoms with E-state index in [0.29, 0.717) is 5.56 Å². The molecule has 0 fully saturated rings. The average Bonchev–Trinajstić information content (AvgIpc) is 2.48. The molecule has 4 heteroatoms. The Balaban J connectivity index is 2.38. The molecule has 0 heterocycles. The van der Waals surface area contributed by atoms with Crippen LogP contribution in [-0.4, -0.2) is 22.0 Å². The summed E-state index contributed by atoms with van der Waals surface area (Å²) in [5.74, 6) is -1.61. The van der Waals surface area contributed by atoms with Crippen molar-refractivity contribution in [1.82, 2.24) is 0 Å². The lowest BCUT2D eigenvalue weighted by atomic mass is 9.85. The Hall–Kier alpha value is -2.62. The molecule has 0 aliphatic carbocycles. The highest BCUT2D eigenvalue weighted by molar-refractivity contribution is 6.01. The van der Waals surface area contributed by atoms with E-state index in [2.05, 4.69) is 0 Å². The number of phenols is 1. The standard InChI is InChI=1S/C18H18O4/c1-12-5-2-3-8-15(12)16(9-10-17(20)21)18(22)13-6-4-7-14(19)11-13/h2-8,11,16,19H,9-10H2,1H3,(H,20,21). The van der Waals surface area contributed by atoms with Crippen molar-refractivity contribution >= 4 is 11.8 Å². The zero-order valence-corrected chi connectivity index (χ0v) is 12.3. The molecule has 0 aliphatic heterocycles. The number of rotatable bonds is 6. The summed E-state index contributed by atoms with van der Waals surface area (Å²) in [7, 11) is 0. The maximum absolute atomic E-state index is 12.8. The Morgan fingerprint density at radius 1 is 1.09 bits per heavy atom. The van der Waals surface area contributed by atoms with E-state index in [1.807, 2.05) is 31.2 Å². The summed E-state index contributed by atoms with van der Waals surface area (Å²) in [5, 5.41) is 18.5. The van der Waals surface area contributed by atoms with Gasteiger partial charge in [-0.15, -0.1) is 0 Å². The van der Waals surface area contributed by atoms with E-state index in [9.17, 15) is 14.7 Å². The molecule has 2 N–H and O–H groups in total. The molecule has 1 unspecified atom stereocenters. The second-order valence-electron chi connectivity index (χ2n) is 5.26. The van der Waals surface area contributed by atoms with Gasteiger partial charge in [-0.3, -0.25) is 9.59 Å². The Bertz CT molecular complexity index is 691. The minimum atomic E-state index is -0.928. The van der Waals surface area contributed by atoms with Crippen molar-refractivity contribution in [1.29, 1.82) is 0 Å². The molecule has 1 atom stereocenters. The fourth-order valence-corrected chi connectivity index (χ4v) is 2.53. The lowest BCUT2D eigenvalue weighted by Gasteiger charge is -2.18. The van der Waals surface area contributed by atoms with Gasteiger partial charge in [0.1, 0.15) is 5.75 Å². The maximum atomic E-state index is 12.8. The van der Waals surface area contributed by atoms with Crippen LogP contribution in [0.2, 0.25) is 0 Å². The molecule has 0 aromatic heterocycles. The number of hydrogen-bond acceptors (Lipinski definition) is 3. The van der Waals surface area contributed by atoms with Gasteiger partial charge >= 0.3 is 5.97 Å². The first-order chi connectivity index (χ1) is 10.5. The van der Waals surface area contributed by atoms with Crippen LogP contribution in [0.3, 0.4) is 0 Å². The van der Waals surface area contributed by atoms with Crippen molar-refractivity contribution in [2.75, 3.05) is 0 Å². The smallest absolute Gasteiger partial charge is 0.303 e. The monoisotopic (exact) mass is 298 g/mol. The third kappa shape index (κ3) is 3.73. The van der Waals surface area contributed by atoms with Crippen molar-refractivity contribution < 1.29 is 19.8 Å². The SMILES string of the molecule is Cc1ccccc1C(CCC(=O)O)C(=O)c1cccc(O)c1. The fourth-order valence-electron chi connectivity index (χ4n) is 2.53. The van der Waals surface area contributed by atoms with Crippen LogP contribution >= 0.6 is 0 Å². The minimum absolute atomic E-state index is 0.0209. The minimum Gasteiger partial charge on any atom is -0.508 e. The predicted octanol–water partition coefficient (Wildman–Crippen LogP) is 3.53. The third-order valence-electron chi connectivity index (χ3n) is 3.66. The molecule has 0 spiro atoms. The molecule has 114 valence electrons. The molecule has 4 nitrogen and oxygen atoms in total. The number of aliphatic carboxylic acids is 1. The molecule has 0 amide bonds. The van der Waals surface area contributed by atoms with Gasteiger partial charge in [0.25, 0.3) is 0 Å². The highest BCUT2D eigenvalue weighted by Crippen LogP contribution is 2.29. The van der Waals surface area contributed by atoms with Gasteiger partial charge in [0.05, 0.1) is 0 Å². The summed E-state index contributed by atoms with van der Waals surface area (Å²) in [4.78, 5) is 23.6. The van der Waals surface area contributed by atoms with Crippen LogP contribution in [0.4, 0.5) is 0 Å². The summed E-state index contributed by atoms with van der Waals surface area (Å²) < 4.78 is 0. The number of carboxylic acid groups (broad SMARTS) is 1. The van der Waals surface area contributed by atoms with Gasteiger partial charge in [0.15, 0.2) is 5.78 Å². The molecular formula is C18H18O4. The van der Waals surface area contributed by atoms with Gasteiger partial charge in [-0.2, -0.15) is 0 Å². The van der Waals surface area contributed by atoms with E-state index in [0.717, 1.165) is 11.1 Å². The highest BCUT2D eigenvalue weighted by Gasteiger charge is 2.24. The summed E-state index contributed by atoms with van der Waals surface area (Å²) >= 11 is 0. The van der Waals surface area contributed by atoms with Gasteiger partial charge in [-0.25, -0.2) is 0 Å². The molecule has 0 saturated carbocycles. The Morgan fingerprint density at radius 3 is 2.45 bits per heavy atom. The summed E-state index contributed by atoms with van der Waals surface area (Å²) in [6.45, 7) is 1.90. The van der Waals surface area contributed by atoms with Crippen LogP contribution in [0.25, 0.3) is 0 Å². The van der Waals surface area contributed by atoms with Crippen molar-refractivity contribution in [3.05, 3.63) is 65.2 Å². The fraction of sp³-hybridized carbons (Fsp3) is 0.222. The quantitative estimate of drug-likeness (QED) is 0.800. The zero-order valence-electron chi connectivity index (χ0n) is 12.3. The van der Waals surface area contributed by atoms with Crippen LogP contribution in [0.1, 0.15) is 40.2 Å². The van der Waals surface area contributed by atoms with E-state index in [-0.39, 0.29) is 24.4 Å². The third-order valence-corrected chi connectivity index (χ3v) is 3.66. The lowest BCUT2D eigenvalue weighted by Crippen LogP contribution is -2.15. The van der Waals surface area contributed by atoms with Gasteiger partial charge in [0.2, 0.25) is 0 Å². The summed E-state index contributed by atoms with van der Waals surface area (Å²) in [5.41, 5.74) is 2.17. The van der Waals surface area contributed by atoms with Gasteiger partial charge in [-0.05, 0) is 36.6 Å². The Labute approximate surface area is 129 Å². The van der Waals surface area contributed by atoms with Crippen LogP contribution < -0.4 is 0 Å². The van der Waals surface area contributed by atoms with Crippen LogP contribution in [0.5, 0.6) is 5.75 Å². The highest BCUT2D eigenvalue weighted by atomic mass is 16.4. The Morgan fingerprint density at radius 2 is 1.82 bits per heavy atom. The van der Waals surface area contributed by atoms with Crippen LogP contribution in [0.15, 0.2) is 48.5 Å². The first-order valence-electron chi connectivity index (χ1n) is 7.09. The number of carboxylic acids is 1. The predicted molar refractivity (Wildman–Crippen MR) is 83.2 cm³/mol. The number of carbonyl (C=O) groups excluding carboxylic acids is 1. The van der Waals surface area contributed by atoms with Crippen LogP contribution in [-0.2, 0) is 4.79 Å². The number of hydrogen-bond donors (Lipinski definition) is 2. The van der Waals surface area contributed by atoms with Crippen molar-refractivity contribution in [2.24, 2.45) is 0 Å². The number of Topliss-reactive ketones (excluding diaryl/α,β-unsaturated/α-hetero) is 1. The van der Waals surface area contributed by atoms with Crippen molar-refractivity contribution in [3.8, 4) is 5.75 Å². The van der Waals surface area contributed by atoms with E-state index < -0.39 is 11.9 Å². The van der Waals surface area contributed by atoms with E-state index in [1.165, 1.54) is 12.1 Å². The maximum Gasteiger partial charge on any atom is 0.303 e. The molecule has 2 aromatic rings. The Kier molecular flexibility index (Phi) is 4.94. The number of benzene rings is 2. The van der Waals surface area contributed by atoms with Gasteiger partial charge in [0, 0.05) is 17.9 Å². The summed E-state index contributed by atoms with van der Waals surface area (Å²) in [6.07, 6.45) is 0.151. The first kappa shape index (κ1) is 15.8. The molecule has 0 aliphatic rings. The van der Waals surface area contributed by atoms with Crippen LogP contribution in [0, 0.1) is 6.92 Å². The second-order valence-corrected chi connectivity index (χ2v) is 5.26. The molecule has 0 saturated heterocycles. The van der Waals surface area contributed by atoms with Crippen molar-refractivity contribution in [3.63, 3.8) is 0 Å². The zero-order chi connectivity index (χ0) is 16.1. The van der Waals surface area contributed by atoms with Gasteiger partial charge < -0.3 is 10.2 Å². The van der Waals surface area contributed by atoms with E-state index >= 15 is 0 Å². The number of ketones is 1. The van der Waals surface area contributed by atoms with E-state index in [1.54, 1.807) is 12.1 Å². The molecular weight excluding hydrogens is 280 g/mol. The number of aromatic hydroxyl groups is 1. The molecule has 2 rings (SSSR count). The molecule has 0 bridgehead atoms. The largest absolute Gasteiger partial charge is 0.508 e. The molecule has 0 radical (unpaired) electrons. The first-order valence-corrected chi connectivity index (χ1v) is 7.09. The lowest BCUT2D eigenvalue weighted by molar-refractivity contribution is -0.137. The topological polar surface area (TPSA) is 74.6 Å². The van der Waals surface area contributed by atoms with Crippen molar-refractivity contribution in [2.45, 2.75) is 25.7 Å². The van der Waals surface area contributed by atoms with Gasteiger partial charge in [-0.1, -0.05) is 36.4 Å². The summed E-state index contributed by atoms with van der Waals surface area (Å²) in [6, 6.07) is 13.6. The normalized spacial score (nSPS) is 11.9. The number of phenolic OH excluding ortho intramolecular Hbond substituents is 1. The number of carbonyl (C=O) groups is 2. The number of aryl methyl sites for hydroxylation is 1. The molecule has 22 heavy (non-hydrogen) atoms. The second kappa shape index (κ2) is 6.89.